The lowest BCUT2D eigenvalue weighted by Crippen LogP contribution is -2.44. The molecule has 1 aromatic carbocycles. The molecule has 1 atom stereocenters. The highest BCUT2D eigenvalue weighted by Crippen LogP contribution is 2.29. The molecule has 0 bridgehead atoms. The number of hydrogen-bond acceptors (Lipinski definition) is 8. The zero-order valence-electron chi connectivity index (χ0n) is 19.3. The minimum Gasteiger partial charge on any atom is -0.444 e. The SMILES string of the molecule is CC(=O)CC[C@H]1CN(c2ccc(N3CCNN(C(=O)Cc4cc(C)ns4)CC3)c(F)c2)C(=O)O1. The van der Waals surface area contributed by atoms with Crippen molar-refractivity contribution in [1.29, 1.82) is 0 Å². The minimum absolute atomic E-state index is 0.0377. The van der Waals surface area contributed by atoms with E-state index >= 15 is 4.39 Å². The molecule has 2 saturated heterocycles. The van der Waals surface area contributed by atoms with Gasteiger partial charge in [0.2, 0.25) is 5.91 Å². The van der Waals surface area contributed by atoms with Gasteiger partial charge in [-0.15, -0.1) is 0 Å². The molecular formula is C23H28FN5O4S. The zero-order valence-corrected chi connectivity index (χ0v) is 20.1. The Morgan fingerprint density at radius 1 is 1.26 bits per heavy atom. The van der Waals surface area contributed by atoms with Gasteiger partial charge in [0.15, 0.2) is 0 Å². The summed E-state index contributed by atoms with van der Waals surface area (Å²) in [5.74, 6) is -0.457. The van der Waals surface area contributed by atoms with E-state index in [1.807, 2.05) is 17.9 Å². The molecule has 11 heteroatoms. The first-order valence-electron chi connectivity index (χ1n) is 11.3. The molecule has 2 aliphatic heterocycles. The number of hydrogen-bond donors (Lipinski definition) is 1. The molecular weight excluding hydrogens is 461 g/mol. The third-order valence-corrected chi connectivity index (χ3v) is 6.73. The van der Waals surface area contributed by atoms with Gasteiger partial charge in [0.25, 0.3) is 0 Å². The van der Waals surface area contributed by atoms with Gasteiger partial charge in [-0.05, 0) is 56.1 Å². The number of carbonyl (C=O) groups excluding carboxylic acids is 3. The third kappa shape index (κ3) is 5.71. The maximum Gasteiger partial charge on any atom is 0.414 e. The smallest absolute Gasteiger partial charge is 0.414 e. The van der Waals surface area contributed by atoms with Crippen LogP contribution in [0.2, 0.25) is 0 Å². The third-order valence-electron chi connectivity index (χ3n) is 5.86. The van der Waals surface area contributed by atoms with Gasteiger partial charge in [-0.2, -0.15) is 4.37 Å². The van der Waals surface area contributed by atoms with E-state index < -0.39 is 11.9 Å². The number of rotatable bonds is 7. The number of aryl methyl sites for hydroxylation is 1. The summed E-state index contributed by atoms with van der Waals surface area (Å²) in [6.07, 6.45) is 0.154. The largest absolute Gasteiger partial charge is 0.444 e. The molecule has 2 aromatic rings. The quantitative estimate of drug-likeness (QED) is 0.639. The summed E-state index contributed by atoms with van der Waals surface area (Å²) in [7, 11) is 0. The Kier molecular flexibility index (Phi) is 7.42. The van der Waals surface area contributed by atoms with E-state index in [4.69, 9.17) is 4.74 Å². The fraction of sp³-hybridized carbons (Fsp3) is 0.478. The summed E-state index contributed by atoms with van der Waals surface area (Å²) >= 11 is 1.33. The van der Waals surface area contributed by atoms with E-state index in [-0.39, 0.29) is 30.8 Å². The molecule has 0 saturated carbocycles. The van der Waals surface area contributed by atoms with Crippen LogP contribution in [0.5, 0.6) is 0 Å². The second-order valence-electron chi connectivity index (χ2n) is 8.54. The highest BCUT2D eigenvalue weighted by molar-refractivity contribution is 7.05. The minimum atomic E-state index is -0.537. The van der Waals surface area contributed by atoms with Crippen LogP contribution in [0.25, 0.3) is 0 Å². The summed E-state index contributed by atoms with van der Waals surface area (Å²) in [5.41, 5.74) is 4.86. The van der Waals surface area contributed by atoms with Gasteiger partial charge in [-0.3, -0.25) is 14.7 Å². The number of ketones is 1. The van der Waals surface area contributed by atoms with Gasteiger partial charge < -0.3 is 14.4 Å². The van der Waals surface area contributed by atoms with E-state index in [0.717, 1.165) is 10.6 Å². The number of Topliss-reactive ketones (excluding diaryl/α,β-unsaturated/α-hetero) is 1. The topological polar surface area (TPSA) is 95.1 Å². The second kappa shape index (κ2) is 10.5. The fourth-order valence-electron chi connectivity index (χ4n) is 4.10. The van der Waals surface area contributed by atoms with Crippen molar-refractivity contribution in [3.8, 4) is 0 Å². The molecule has 1 aromatic heterocycles. The van der Waals surface area contributed by atoms with Crippen LogP contribution >= 0.6 is 11.5 Å². The molecule has 9 nitrogen and oxygen atoms in total. The van der Waals surface area contributed by atoms with Crippen LogP contribution in [0.15, 0.2) is 24.3 Å². The van der Waals surface area contributed by atoms with Crippen molar-refractivity contribution < 1.29 is 23.5 Å². The maximum absolute atomic E-state index is 15.1. The standard InChI is InChI=1S/C23H28FN5O4S/c1-15-11-19(34-26-15)13-22(31)29-10-9-27(8-7-25-29)21-6-4-17(12-20(21)24)28-14-18(33-23(28)32)5-3-16(2)30/h4,6,11-12,18,25H,3,5,7-10,13-14H2,1-2H3/t18-/m0/s1. The molecule has 3 heterocycles. The van der Waals surface area contributed by atoms with Crippen LogP contribution in [0, 0.1) is 12.7 Å². The summed E-state index contributed by atoms with van der Waals surface area (Å²) in [4.78, 5) is 40.3. The maximum atomic E-state index is 15.1. The first-order valence-corrected chi connectivity index (χ1v) is 12.1. The van der Waals surface area contributed by atoms with Crippen molar-refractivity contribution in [1.82, 2.24) is 14.8 Å². The Morgan fingerprint density at radius 3 is 2.79 bits per heavy atom. The van der Waals surface area contributed by atoms with Crippen LogP contribution in [-0.4, -0.2) is 66.0 Å². The van der Waals surface area contributed by atoms with Gasteiger partial charge in [0.1, 0.15) is 17.7 Å². The predicted octanol–water partition coefficient (Wildman–Crippen LogP) is 2.68. The number of nitrogens with one attached hydrogen (secondary N) is 1. The number of hydrazine groups is 1. The number of anilines is 2. The van der Waals surface area contributed by atoms with Crippen molar-refractivity contribution in [2.75, 3.05) is 42.5 Å². The average molecular weight is 490 g/mol. The highest BCUT2D eigenvalue weighted by atomic mass is 32.1. The lowest BCUT2D eigenvalue weighted by Gasteiger charge is -2.24. The molecule has 2 fully saturated rings. The fourth-order valence-corrected chi connectivity index (χ4v) is 4.82. The number of carbonyl (C=O) groups is 3. The molecule has 2 aliphatic rings. The van der Waals surface area contributed by atoms with Crippen molar-refractivity contribution in [3.63, 3.8) is 0 Å². The van der Waals surface area contributed by atoms with E-state index in [9.17, 15) is 14.4 Å². The summed E-state index contributed by atoms with van der Waals surface area (Å²) < 4.78 is 24.6. The van der Waals surface area contributed by atoms with Gasteiger partial charge in [-0.1, -0.05) is 0 Å². The van der Waals surface area contributed by atoms with E-state index in [2.05, 4.69) is 9.80 Å². The molecule has 0 radical (unpaired) electrons. The average Bonchev–Trinajstić information content (AvgIpc) is 3.27. The van der Waals surface area contributed by atoms with Crippen molar-refractivity contribution in [3.05, 3.63) is 40.7 Å². The molecule has 4 rings (SSSR count). The normalized spacial score (nSPS) is 18.7. The van der Waals surface area contributed by atoms with E-state index in [1.54, 1.807) is 17.1 Å². The first-order chi connectivity index (χ1) is 16.3. The van der Waals surface area contributed by atoms with Crippen LogP contribution in [0.1, 0.15) is 30.3 Å². The Morgan fingerprint density at radius 2 is 2.09 bits per heavy atom. The van der Waals surface area contributed by atoms with Gasteiger partial charge in [0.05, 0.1) is 36.6 Å². The second-order valence-corrected chi connectivity index (χ2v) is 9.43. The Balaban J connectivity index is 1.37. The van der Waals surface area contributed by atoms with E-state index in [1.165, 1.54) is 29.4 Å². The van der Waals surface area contributed by atoms with Gasteiger partial charge >= 0.3 is 6.09 Å². The van der Waals surface area contributed by atoms with Crippen LogP contribution in [0.3, 0.4) is 0 Å². The Labute approximate surface area is 201 Å². The lowest BCUT2D eigenvalue weighted by atomic mass is 10.1. The summed E-state index contributed by atoms with van der Waals surface area (Å²) in [6.45, 7) is 5.58. The van der Waals surface area contributed by atoms with Gasteiger partial charge in [0, 0.05) is 30.9 Å². The predicted molar refractivity (Wildman–Crippen MR) is 126 cm³/mol. The molecule has 0 aliphatic carbocycles. The number of aromatic nitrogens is 1. The zero-order chi connectivity index (χ0) is 24.2. The van der Waals surface area contributed by atoms with Crippen molar-refractivity contribution in [2.45, 2.75) is 39.2 Å². The Hall–Kier alpha value is -3.05. The molecule has 34 heavy (non-hydrogen) atoms. The summed E-state index contributed by atoms with van der Waals surface area (Å²) in [5, 5.41) is 1.59. The Bertz CT molecular complexity index is 1080. The lowest BCUT2D eigenvalue weighted by molar-refractivity contribution is -0.133. The van der Waals surface area contributed by atoms with Crippen LogP contribution < -0.4 is 15.2 Å². The summed E-state index contributed by atoms with van der Waals surface area (Å²) in [6, 6.07) is 6.58. The van der Waals surface area contributed by atoms with Gasteiger partial charge in [-0.25, -0.2) is 14.6 Å². The molecule has 182 valence electrons. The van der Waals surface area contributed by atoms with Crippen molar-refractivity contribution in [2.24, 2.45) is 0 Å². The van der Waals surface area contributed by atoms with E-state index in [0.29, 0.717) is 50.4 Å². The number of nitrogens with zero attached hydrogens (tertiary/aromatic N) is 4. The highest BCUT2D eigenvalue weighted by Gasteiger charge is 2.33. The first kappa shape index (κ1) is 24.1. The van der Waals surface area contributed by atoms with Crippen LogP contribution in [-0.2, 0) is 20.7 Å². The number of benzene rings is 1. The monoisotopic (exact) mass is 489 g/mol. The number of ether oxygens (including phenoxy) is 1. The molecule has 0 unspecified atom stereocenters. The molecule has 0 spiro atoms. The van der Waals surface area contributed by atoms with Crippen molar-refractivity contribution >= 4 is 40.7 Å². The number of halogens is 1. The number of amides is 2. The molecule has 1 N–H and O–H groups in total. The molecule has 2 amide bonds. The number of cyclic esters (lactones) is 1. The van der Waals surface area contributed by atoms with Crippen LogP contribution in [0.4, 0.5) is 20.6 Å².